The van der Waals surface area contributed by atoms with E-state index in [0.717, 1.165) is 11.4 Å². The SMILES string of the molecule is O=C(O)C1Cc2ccccc2CN1Cc1ncc[nH]1. The van der Waals surface area contributed by atoms with E-state index in [-0.39, 0.29) is 0 Å². The molecule has 3 rings (SSSR count). The highest BCUT2D eigenvalue weighted by Crippen LogP contribution is 2.24. The molecule has 0 aliphatic carbocycles. The molecule has 0 bridgehead atoms. The summed E-state index contributed by atoms with van der Waals surface area (Å²) in [6.45, 7) is 1.17. The summed E-state index contributed by atoms with van der Waals surface area (Å²) < 4.78 is 0. The Balaban J connectivity index is 1.87. The Hall–Kier alpha value is -2.14. The van der Waals surface area contributed by atoms with Crippen LogP contribution in [0.2, 0.25) is 0 Å². The lowest BCUT2D eigenvalue weighted by Crippen LogP contribution is -2.45. The first-order chi connectivity index (χ1) is 9.24. The van der Waals surface area contributed by atoms with Crippen molar-refractivity contribution in [2.45, 2.75) is 25.6 Å². The molecule has 0 saturated heterocycles. The van der Waals surface area contributed by atoms with Crippen LogP contribution in [0.4, 0.5) is 0 Å². The normalized spacial score (nSPS) is 19.1. The average Bonchev–Trinajstić information content (AvgIpc) is 2.90. The average molecular weight is 257 g/mol. The molecular formula is C14H15N3O2. The van der Waals surface area contributed by atoms with Crippen molar-refractivity contribution in [2.75, 3.05) is 0 Å². The van der Waals surface area contributed by atoms with Crippen LogP contribution in [-0.4, -0.2) is 32.0 Å². The van der Waals surface area contributed by atoms with E-state index in [4.69, 9.17) is 0 Å². The van der Waals surface area contributed by atoms with Gasteiger partial charge in [-0.3, -0.25) is 9.69 Å². The lowest BCUT2D eigenvalue weighted by atomic mass is 9.94. The van der Waals surface area contributed by atoms with Gasteiger partial charge in [0, 0.05) is 18.9 Å². The van der Waals surface area contributed by atoms with Gasteiger partial charge in [0.2, 0.25) is 0 Å². The Kier molecular flexibility index (Phi) is 3.05. The first-order valence-electron chi connectivity index (χ1n) is 6.26. The van der Waals surface area contributed by atoms with Gasteiger partial charge < -0.3 is 10.1 Å². The fraction of sp³-hybridized carbons (Fsp3) is 0.286. The number of rotatable bonds is 3. The summed E-state index contributed by atoms with van der Waals surface area (Å²) in [5.41, 5.74) is 2.33. The lowest BCUT2D eigenvalue weighted by molar-refractivity contribution is -0.144. The minimum atomic E-state index is -0.777. The fourth-order valence-electron chi connectivity index (χ4n) is 2.56. The monoisotopic (exact) mass is 257 g/mol. The van der Waals surface area contributed by atoms with Crippen molar-refractivity contribution >= 4 is 5.97 Å². The summed E-state index contributed by atoms with van der Waals surface area (Å²) in [5.74, 6) is 0.0201. The number of carboxylic acids is 1. The van der Waals surface area contributed by atoms with Crippen LogP contribution >= 0.6 is 0 Å². The van der Waals surface area contributed by atoms with E-state index in [0.29, 0.717) is 19.5 Å². The number of H-pyrrole nitrogens is 1. The van der Waals surface area contributed by atoms with Gasteiger partial charge in [-0.1, -0.05) is 24.3 Å². The van der Waals surface area contributed by atoms with Crippen LogP contribution in [-0.2, 0) is 24.3 Å². The number of aromatic amines is 1. The molecule has 5 nitrogen and oxygen atoms in total. The highest BCUT2D eigenvalue weighted by molar-refractivity contribution is 5.74. The maximum Gasteiger partial charge on any atom is 0.321 e. The highest BCUT2D eigenvalue weighted by Gasteiger charge is 2.31. The van der Waals surface area contributed by atoms with Crippen LogP contribution in [0, 0.1) is 0 Å². The van der Waals surface area contributed by atoms with E-state index in [1.54, 1.807) is 12.4 Å². The molecular weight excluding hydrogens is 242 g/mol. The summed E-state index contributed by atoms with van der Waals surface area (Å²) in [5, 5.41) is 9.39. The number of nitrogens with one attached hydrogen (secondary N) is 1. The second kappa shape index (κ2) is 4.85. The number of imidazole rings is 1. The molecule has 1 aromatic carbocycles. The molecule has 2 heterocycles. The van der Waals surface area contributed by atoms with Gasteiger partial charge in [-0.25, -0.2) is 4.98 Å². The third-order valence-electron chi connectivity index (χ3n) is 3.54. The summed E-state index contributed by atoms with van der Waals surface area (Å²) in [6, 6.07) is 7.53. The van der Waals surface area contributed by atoms with Crippen LogP contribution in [0.15, 0.2) is 36.7 Å². The van der Waals surface area contributed by atoms with Crippen LogP contribution in [0.5, 0.6) is 0 Å². The van der Waals surface area contributed by atoms with E-state index in [1.165, 1.54) is 5.56 Å². The Bertz CT molecular complexity index is 580. The Morgan fingerprint density at radius 3 is 2.89 bits per heavy atom. The molecule has 1 aromatic heterocycles. The van der Waals surface area contributed by atoms with Gasteiger partial charge in [0.25, 0.3) is 0 Å². The molecule has 2 aromatic rings. The number of carboxylic acid groups (broad SMARTS) is 1. The van der Waals surface area contributed by atoms with Crippen LogP contribution < -0.4 is 0 Å². The van der Waals surface area contributed by atoms with Gasteiger partial charge in [0.1, 0.15) is 11.9 Å². The summed E-state index contributed by atoms with van der Waals surface area (Å²) in [7, 11) is 0. The van der Waals surface area contributed by atoms with Crippen LogP contribution in [0.3, 0.4) is 0 Å². The number of carbonyl (C=O) groups is 1. The zero-order chi connectivity index (χ0) is 13.2. The van der Waals surface area contributed by atoms with Crippen LogP contribution in [0.25, 0.3) is 0 Å². The summed E-state index contributed by atoms with van der Waals surface area (Å²) >= 11 is 0. The Morgan fingerprint density at radius 1 is 1.42 bits per heavy atom. The van der Waals surface area contributed by atoms with E-state index in [9.17, 15) is 9.90 Å². The molecule has 1 aliphatic rings. The highest BCUT2D eigenvalue weighted by atomic mass is 16.4. The second-order valence-electron chi connectivity index (χ2n) is 4.77. The van der Waals surface area contributed by atoms with Crippen molar-refractivity contribution in [3.63, 3.8) is 0 Å². The van der Waals surface area contributed by atoms with Crippen molar-refractivity contribution in [2.24, 2.45) is 0 Å². The number of fused-ring (bicyclic) bond motifs is 1. The first-order valence-corrected chi connectivity index (χ1v) is 6.26. The fourth-order valence-corrected chi connectivity index (χ4v) is 2.56. The molecule has 1 unspecified atom stereocenters. The van der Waals surface area contributed by atoms with Gasteiger partial charge in [0.15, 0.2) is 0 Å². The molecule has 0 fully saturated rings. The molecule has 0 saturated carbocycles. The van der Waals surface area contributed by atoms with Crippen molar-refractivity contribution in [1.29, 1.82) is 0 Å². The molecule has 0 amide bonds. The van der Waals surface area contributed by atoms with E-state index < -0.39 is 12.0 Å². The van der Waals surface area contributed by atoms with Gasteiger partial charge in [-0.05, 0) is 17.5 Å². The molecule has 0 spiro atoms. The summed E-state index contributed by atoms with van der Waals surface area (Å²) in [4.78, 5) is 20.6. The third-order valence-corrected chi connectivity index (χ3v) is 3.54. The zero-order valence-electron chi connectivity index (χ0n) is 10.4. The van der Waals surface area contributed by atoms with Crippen LogP contribution in [0.1, 0.15) is 17.0 Å². The van der Waals surface area contributed by atoms with Gasteiger partial charge >= 0.3 is 5.97 Å². The number of aliphatic carboxylic acids is 1. The van der Waals surface area contributed by atoms with Crippen molar-refractivity contribution in [3.05, 3.63) is 53.6 Å². The molecule has 98 valence electrons. The number of hydrogen-bond donors (Lipinski definition) is 2. The van der Waals surface area contributed by atoms with Gasteiger partial charge in [-0.2, -0.15) is 0 Å². The number of hydrogen-bond acceptors (Lipinski definition) is 3. The van der Waals surface area contributed by atoms with Crippen molar-refractivity contribution in [1.82, 2.24) is 14.9 Å². The standard InChI is InChI=1S/C14H15N3O2/c18-14(19)12-7-10-3-1-2-4-11(10)8-17(12)9-13-15-5-6-16-13/h1-6,12H,7-9H2,(H,15,16)(H,18,19). The topological polar surface area (TPSA) is 69.2 Å². The largest absolute Gasteiger partial charge is 0.480 e. The third kappa shape index (κ3) is 2.37. The quantitative estimate of drug-likeness (QED) is 0.872. The smallest absolute Gasteiger partial charge is 0.321 e. The van der Waals surface area contributed by atoms with Gasteiger partial charge in [-0.15, -0.1) is 0 Å². The molecule has 2 N–H and O–H groups in total. The van der Waals surface area contributed by atoms with E-state index >= 15 is 0 Å². The number of benzene rings is 1. The molecule has 1 atom stereocenters. The van der Waals surface area contributed by atoms with E-state index in [2.05, 4.69) is 16.0 Å². The Labute approximate surface area is 110 Å². The predicted octanol–water partition coefficient (Wildman–Crippen LogP) is 1.42. The maximum atomic E-state index is 11.4. The van der Waals surface area contributed by atoms with Gasteiger partial charge in [0.05, 0.1) is 6.54 Å². The zero-order valence-corrected chi connectivity index (χ0v) is 10.4. The summed E-state index contributed by atoms with van der Waals surface area (Å²) in [6.07, 6.45) is 3.98. The van der Waals surface area contributed by atoms with Crippen molar-refractivity contribution in [3.8, 4) is 0 Å². The molecule has 19 heavy (non-hydrogen) atoms. The number of aromatic nitrogens is 2. The lowest BCUT2D eigenvalue weighted by Gasteiger charge is -2.33. The Morgan fingerprint density at radius 2 is 2.21 bits per heavy atom. The predicted molar refractivity (Wildman–Crippen MR) is 69.4 cm³/mol. The van der Waals surface area contributed by atoms with Crippen molar-refractivity contribution < 1.29 is 9.90 Å². The second-order valence-corrected chi connectivity index (χ2v) is 4.77. The molecule has 0 radical (unpaired) electrons. The molecule has 1 aliphatic heterocycles. The number of nitrogens with zero attached hydrogens (tertiary/aromatic N) is 2. The minimum Gasteiger partial charge on any atom is -0.480 e. The minimum absolute atomic E-state index is 0.486. The maximum absolute atomic E-state index is 11.4. The van der Waals surface area contributed by atoms with E-state index in [1.807, 2.05) is 23.1 Å². The molecule has 5 heteroatoms. The first kappa shape index (κ1) is 11.9.